The summed E-state index contributed by atoms with van der Waals surface area (Å²) in [6.45, 7) is 2.71. The van der Waals surface area contributed by atoms with E-state index in [9.17, 15) is 22.8 Å². The first-order valence-electron chi connectivity index (χ1n) is 8.24. The molecule has 0 atom stereocenters. The van der Waals surface area contributed by atoms with E-state index in [0.29, 0.717) is 19.5 Å². The van der Waals surface area contributed by atoms with Crippen molar-refractivity contribution in [3.63, 3.8) is 0 Å². The minimum Gasteiger partial charge on any atom is -0.340 e. The molecule has 2 aliphatic heterocycles. The molecule has 2 rings (SSSR count). The van der Waals surface area contributed by atoms with Crippen LogP contribution in [-0.2, 0) is 9.59 Å². The van der Waals surface area contributed by atoms with Gasteiger partial charge >= 0.3 is 12.1 Å². The molecule has 0 bridgehead atoms. The maximum absolute atomic E-state index is 12.5. The normalized spacial score (nSPS) is 21.7. The van der Waals surface area contributed by atoms with Crippen molar-refractivity contribution in [2.75, 3.05) is 45.8 Å². The third kappa shape index (κ3) is 5.37. The van der Waals surface area contributed by atoms with Crippen LogP contribution in [0.3, 0.4) is 0 Å². The van der Waals surface area contributed by atoms with Gasteiger partial charge in [-0.05, 0) is 32.4 Å². The fraction of sp³-hybridized carbons (Fsp3) is 0.867. The van der Waals surface area contributed by atoms with Crippen molar-refractivity contribution in [2.45, 2.75) is 38.3 Å². The van der Waals surface area contributed by atoms with Gasteiger partial charge in [-0.2, -0.15) is 13.2 Å². The number of halogens is 3. The molecule has 2 saturated heterocycles. The largest absolute Gasteiger partial charge is 0.471 e. The Bertz CT molecular complexity index is 421. The zero-order chi connectivity index (χ0) is 16.9. The van der Waals surface area contributed by atoms with Crippen LogP contribution < -0.4 is 0 Å². The lowest BCUT2D eigenvalue weighted by Crippen LogP contribution is -2.45. The molecule has 2 fully saturated rings. The fourth-order valence-electron chi connectivity index (χ4n) is 3.13. The topological polar surface area (TPSA) is 43.9 Å². The van der Waals surface area contributed by atoms with E-state index < -0.39 is 12.1 Å². The summed E-state index contributed by atoms with van der Waals surface area (Å²) >= 11 is 0. The Balaban J connectivity index is 1.84. The van der Waals surface area contributed by atoms with E-state index in [1.54, 1.807) is 4.90 Å². The van der Waals surface area contributed by atoms with Gasteiger partial charge in [-0.25, -0.2) is 0 Å². The predicted octanol–water partition coefficient (Wildman–Crippen LogP) is 1.49. The number of amides is 2. The first kappa shape index (κ1) is 18.0. The van der Waals surface area contributed by atoms with Crippen LogP contribution in [0.2, 0.25) is 0 Å². The number of likely N-dealkylation sites (tertiary alicyclic amines) is 1. The number of hydrogen-bond acceptors (Lipinski definition) is 3. The van der Waals surface area contributed by atoms with E-state index in [1.807, 2.05) is 0 Å². The highest BCUT2D eigenvalue weighted by molar-refractivity contribution is 5.82. The number of nitrogens with zero attached hydrogens (tertiary/aromatic N) is 3. The van der Waals surface area contributed by atoms with Crippen molar-refractivity contribution in [3.05, 3.63) is 0 Å². The molecule has 0 aliphatic carbocycles. The maximum Gasteiger partial charge on any atom is 0.471 e. The van der Waals surface area contributed by atoms with E-state index >= 15 is 0 Å². The Hall–Kier alpha value is -1.31. The van der Waals surface area contributed by atoms with Gasteiger partial charge in [-0.3, -0.25) is 14.5 Å². The standard InChI is InChI=1S/C15H24F3N3O2/c16-15(17,18)14(23)21-9-5-8-20(10-11-21)13(22)12-19-6-3-1-2-4-7-19/h1-12H2. The lowest BCUT2D eigenvalue weighted by atomic mass is 10.2. The molecule has 0 unspecified atom stereocenters. The van der Waals surface area contributed by atoms with Gasteiger partial charge in [0.1, 0.15) is 0 Å². The average Bonchev–Trinajstić information content (AvgIpc) is 2.87. The molecule has 8 heteroatoms. The minimum atomic E-state index is -4.84. The van der Waals surface area contributed by atoms with Gasteiger partial charge in [0, 0.05) is 26.2 Å². The van der Waals surface area contributed by atoms with Crippen molar-refractivity contribution in [1.29, 1.82) is 0 Å². The maximum atomic E-state index is 12.5. The second kappa shape index (κ2) is 7.99. The number of hydrogen-bond donors (Lipinski definition) is 0. The molecular weight excluding hydrogens is 311 g/mol. The second-order valence-electron chi connectivity index (χ2n) is 6.21. The average molecular weight is 335 g/mol. The molecule has 0 radical (unpaired) electrons. The van der Waals surface area contributed by atoms with Crippen molar-refractivity contribution >= 4 is 11.8 Å². The highest BCUT2D eigenvalue weighted by Crippen LogP contribution is 2.19. The number of alkyl halides is 3. The molecule has 0 N–H and O–H groups in total. The lowest BCUT2D eigenvalue weighted by Gasteiger charge is -2.26. The van der Waals surface area contributed by atoms with E-state index in [4.69, 9.17) is 0 Å². The number of rotatable bonds is 2. The molecule has 0 spiro atoms. The molecule has 0 aromatic rings. The summed E-state index contributed by atoms with van der Waals surface area (Å²) < 4.78 is 37.5. The zero-order valence-corrected chi connectivity index (χ0v) is 13.3. The van der Waals surface area contributed by atoms with E-state index in [-0.39, 0.29) is 25.5 Å². The van der Waals surface area contributed by atoms with Crippen LogP contribution in [0, 0.1) is 0 Å². The molecule has 2 heterocycles. The molecule has 23 heavy (non-hydrogen) atoms. The lowest BCUT2D eigenvalue weighted by molar-refractivity contribution is -0.185. The van der Waals surface area contributed by atoms with Crippen LogP contribution in [0.25, 0.3) is 0 Å². The van der Waals surface area contributed by atoms with Crippen molar-refractivity contribution < 1.29 is 22.8 Å². The van der Waals surface area contributed by atoms with Crippen molar-refractivity contribution in [2.24, 2.45) is 0 Å². The van der Waals surface area contributed by atoms with Crippen molar-refractivity contribution in [3.8, 4) is 0 Å². The molecule has 0 aromatic heterocycles. The molecule has 5 nitrogen and oxygen atoms in total. The van der Waals surface area contributed by atoms with Gasteiger partial charge < -0.3 is 9.80 Å². The van der Waals surface area contributed by atoms with Crippen LogP contribution in [0.1, 0.15) is 32.1 Å². The third-order valence-electron chi connectivity index (χ3n) is 4.44. The summed E-state index contributed by atoms with van der Waals surface area (Å²) in [5, 5.41) is 0. The van der Waals surface area contributed by atoms with Gasteiger partial charge in [0.15, 0.2) is 0 Å². The first-order chi connectivity index (χ1) is 10.9. The summed E-state index contributed by atoms with van der Waals surface area (Å²) in [4.78, 5) is 28.2. The van der Waals surface area contributed by atoms with Gasteiger partial charge in [-0.15, -0.1) is 0 Å². The van der Waals surface area contributed by atoms with Gasteiger partial charge in [0.05, 0.1) is 6.54 Å². The zero-order valence-electron chi connectivity index (χ0n) is 13.3. The quantitative estimate of drug-likeness (QED) is 0.768. The molecule has 0 aromatic carbocycles. The van der Waals surface area contributed by atoms with Crippen LogP contribution in [-0.4, -0.2) is 78.5 Å². The smallest absolute Gasteiger partial charge is 0.340 e. The summed E-state index contributed by atoms with van der Waals surface area (Å²) in [6.07, 6.45) is 0.0763. The Morgan fingerprint density at radius 2 is 1.30 bits per heavy atom. The highest BCUT2D eigenvalue weighted by Gasteiger charge is 2.42. The highest BCUT2D eigenvalue weighted by atomic mass is 19.4. The molecule has 2 aliphatic rings. The first-order valence-corrected chi connectivity index (χ1v) is 8.24. The Morgan fingerprint density at radius 3 is 1.91 bits per heavy atom. The Kier molecular flexibility index (Phi) is 6.26. The Labute approximate surface area is 134 Å². The SMILES string of the molecule is O=C(CN1CCCCCC1)N1CCCN(C(=O)C(F)(F)F)CC1. The van der Waals surface area contributed by atoms with E-state index in [0.717, 1.165) is 30.8 Å². The summed E-state index contributed by atoms with van der Waals surface area (Å²) in [5.41, 5.74) is 0. The molecular formula is C15H24F3N3O2. The van der Waals surface area contributed by atoms with Crippen LogP contribution >= 0.6 is 0 Å². The van der Waals surface area contributed by atoms with E-state index in [2.05, 4.69) is 4.90 Å². The van der Waals surface area contributed by atoms with Crippen LogP contribution in [0.4, 0.5) is 13.2 Å². The van der Waals surface area contributed by atoms with E-state index in [1.165, 1.54) is 12.8 Å². The predicted molar refractivity (Wildman–Crippen MR) is 78.7 cm³/mol. The monoisotopic (exact) mass is 335 g/mol. The van der Waals surface area contributed by atoms with Gasteiger partial charge in [0.25, 0.3) is 0 Å². The molecule has 132 valence electrons. The van der Waals surface area contributed by atoms with Gasteiger partial charge in [-0.1, -0.05) is 12.8 Å². The summed E-state index contributed by atoms with van der Waals surface area (Å²) in [6, 6.07) is 0. The Morgan fingerprint density at radius 1 is 0.739 bits per heavy atom. The van der Waals surface area contributed by atoms with Crippen LogP contribution in [0.15, 0.2) is 0 Å². The molecule has 0 saturated carbocycles. The second-order valence-corrected chi connectivity index (χ2v) is 6.21. The van der Waals surface area contributed by atoms with Gasteiger partial charge in [0.2, 0.25) is 5.91 Å². The third-order valence-corrected chi connectivity index (χ3v) is 4.44. The fourth-order valence-corrected chi connectivity index (χ4v) is 3.13. The number of carbonyl (C=O) groups is 2. The van der Waals surface area contributed by atoms with Crippen LogP contribution in [0.5, 0.6) is 0 Å². The number of carbonyl (C=O) groups excluding carboxylic acids is 2. The van der Waals surface area contributed by atoms with Crippen molar-refractivity contribution in [1.82, 2.24) is 14.7 Å². The summed E-state index contributed by atoms with van der Waals surface area (Å²) in [5.74, 6) is -1.85. The minimum absolute atomic E-state index is 0.0475. The summed E-state index contributed by atoms with van der Waals surface area (Å²) in [7, 11) is 0. The molecule has 2 amide bonds.